The van der Waals surface area contributed by atoms with E-state index in [1.807, 2.05) is 0 Å². The Kier molecular flexibility index (Phi) is 4.65. The molecule has 0 spiro atoms. The summed E-state index contributed by atoms with van der Waals surface area (Å²) >= 11 is 0. The van der Waals surface area contributed by atoms with Crippen LogP contribution in [-0.4, -0.2) is 0 Å². The highest BCUT2D eigenvalue weighted by molar-refractivity contribution is 5.81. The van der Waals surface area contributed by atoms with Crippen LogP contribution in [0.2, 0.25) is 0 Å². The monoisotopic (exact) mass is 266 g/mol. The lowest BCUT2D eigenvalue weighted by molar-refractivity contribution is 0.458. The third-order valence-corrected chi connectivity index (χ3v) is 4.41. The van der Waals surface area contributed by atoms with Crippen molar-refractivity contribution in [3.8, 4) is 0 Å². The van der Waals surface area contributed by atoms with Crippen molar-refractivity contribution in [1.82, 2.24) is 0 Å². The average Bonchev–Trinajstić information content (AvgIpc) is 2.45. The minimum atomic E-state index is 0.630. The lowest BCUT2D eigenvalue weighted by Crippen LogP contribution is -2.16. The maximum Gasteiger partial charge on any atom is -0.00955 e. The van der Waals surface area contributed by atoms with E-state index in [1.54, 1.807) is 0 Å². The molecule has 1 aromatic rings. The Labute approximate surface area is 123 Å². The number of allylic oxidation sites excluding steroid dienone is 5. The van der Waals surface area contributed by atoms with E-state index in [-0.39, 0.29) is 0 Å². The summed E-state index contributed by atoms with van der Waals surface area (Å²) < 4.78 is 0. The van der Waals surface area contributed by atoms with Crippen LogP contribution in [0, 0.1) is 18.8 Å². The van der Waals surface area contributed by atoms with E-state index < -0.39 is 0 Å². The van der Waals surface area contributed by atoms with Crippen molar-refractivity contribution in [2.24, 2.45) is 11.8 Å². The van der Waals surface area contributed by atoms with E-state index in [4.69, 9.17) is 0 Å². The van der Waals surface area contributed by atoms with Gasteiger partial charge in [-0.2, -0.15) is 0 Å². The minimum Gasteiger partial charge on any atom is -0.0955 e. The lowest BCUT2D eigenvalue weighted by atomic mass is 9.75. The number of aryl methyl sites for hydroxylation is 1. The molecule has 0 fully saturated rings. The summed E-state index contributed by atoms with van der Waals surface area (Å²) in [7, 11) is 0. The maximum atomic E-state index is 4.16. The Morgan fingerprint density at radius 1 is 1.20 bits per heavy atom. The molecular weight excluding hydrogens is 240 g/mol. The Hall–Kier alpha value is -1.56. The van der Waals surface area contributed by atoms with Crippen molar-refractivity contribution in [1.29, 1.82) is 0 Å². The van der Waals surface area contributed by atoms with Gasteiger partial charge >= 0.3 is 0 Å². The Bertz CT molecular complexity index is 557. The van der Waals surface area contributed by atoms with Crippen LogP contribution in [0.4, 0.5) is 0 Å². The van der Waals surface area contributed by atoms with Gasteiger partial charge in [-0.1, -0.05) is 68.0 Å². The lowest BCUT2D eigenvalue weighted by Gasteiger charge is -2.30. The average molecular weight is 266 g/mol. The predicted octanol–water partition coefficient (Wildman–Crippen LogP) is 6.03. The second-order valence-corrected chi connectivity index (χ2v) is 5.92. The molecule has 0 heterocycles. The molecule has 20 heavy (non-hydrogen) atoms. The van der Waals surface area contributed by atoms with E-state index >= 15 is 0 Å². The quantitative estimate of drug-likeness (QED) is 0.623. The SMILES string of the molecule is C=C(C)c1ccc(C)cc1C1=CC=CC(CC)C1CC. The molecule has 0 bridgehead atoms. The van der Waals surface area contributed by atoms with Gasteiger partial charge < -0.3 is 0 Å². The fraction of sp³-hybridized carbons (Fsp3) is 0.400. The van der Waals surface area contributed by atoms with Gasteiger partial charge in [-0.3, -0.25) is 0 Å². The first-order valence-corrected chi connectivity index (χ1v) is 7.73. The molecular formula is C20H26. The normalized spacial score (nSPS) is 21.7. The van der Waals surface area contributed by atoms with E-state index in [9.17, 15) is 0 Å². The molecule has 1 aliphatic carbocycles. The molecule has 0 amide bonds. The van der Waals surface area contributed by atoms with Gasteiger partial charge in [0.05, 0.1) is 0 Å². The van der Waals surface area contributed by atoms with Crippen LogP contribution in [-0.2, 0) is 0 Å². The third kappa shape index (κ3) is 2.80. The van der Waals surface area contributed by atoms with Gasteiger partial charge in [0.2, 0.25) is 0 Å². The van der Waals surface area contributed by atoms with Crippen molar-refractivity contribution in [3.63, 3.8) is 0 Å². The number of benzene rings is 1. The van der Waals surface area contributed by atoms with E-state index in [1.165, 1.54) is 35.1 Å². The van der Waals surface area contributed by atoms with Crippen LogP contribution in [0.1, 0.15) is 50.3 Å². The summed E-state index contributed by atoms with van der Waals surface area (Å²) in [5.41, 5.74) is 6.64. The molecule has 0 heteroatoms. The van der Waals surface area contributed by atoms with Crippen LogP contribution in [0.3, 0.4) is 0 Å². The molecule has 0 aliphatic heterocycles. The van der Waals surface area contributed by atoms with Gasteiger partial charge in [0, 0.05) is 0 Å². The largest absolute Gasteiger partial charge is 0.0955 e. The van der Waals surface area contributed by atoms with Crippen LogP contribution in [0.5, 0.6) is 0 Å². The van der Waals surface area contributed by atoms with Gasteiger partial charge in [0.25, 0.3) is 0 Å². The standard InChI is InChI=1S/C20H26/c1-6-16-9-8-10-19(17(16)7-2)20-13-15(5)11-12-18(20)14(3)4/h8-13,16-17H,3,6-7H2,1-2,4-5H3. The van der Waals surface area contributed by atoms with Crippen molar-refractivity contribution in [2.45, 2.75) is 40.5 Å². The summed E-state index contributed by atoms with van der Waals surface area (Å²) in [4.78, 5) is 0. The topological polar surface area (TPSA) is 0 Å². The summed E-state index contributed by atoms with van der Waals surface area (Å²) in [5, 5.41) is 0. The van der Waals surface area contributed by atoms with Crippen LogP contribution >= 0.6 is 0 Å². The Morgan fingerprint density at radius 2 is 1.95 bits per heavy atom. The van der Waals surface area contributed by atoms with Gasteiger partial charge in [-0.05, 0) is 55.2 Å². The summed E-state index contributed by atoms with van der Waals surface area (Å²) in [5.74, 6) is 1.29. The first-order chi connectivity index (χ1) is 9.58. The third-order valence-electron chi connectivity index (χ3n) is 4.41. The van der Waals surface area contributed by atoms with Crippen LogP contribution in [0.15, 0.2) is 43.0 Å². The Morgan fingerprint density at radius 3 is 2.55 bits per heavy atom. The Balaban J connectivity index is 2.54. The van der Waals surface area contributed by atoms with Crippen molar-refractivity contribution in [2.75, 3.05) is 0 Å². The zero-order valence-electron chi connectivity index (χ0n) is 13.2. The zero-order chi connectivity index (χ0) is 14.7. The molecule has 0 saturated heterocycles. The fourth-order valence-electron chi connectivity index (χ4n) is 3.29. The second kappa shape index (κ2) is 6.26. The second-order valence-electron chi connectivity index (χ2n) is 5.92. The first-order valence-electron chi connectivity index (χ1n) is 7.73. The summed E-state index contributed by atoms with van der Waals surface area (Å²) in [6.07, 6.45) is 9.31. The minimum absolute atomic E-state index is 0.630. The molecule has 0 radical (unpaired) electrons. The highest BCUT2D eigenvalue weighted by Gasteiger charge is 2.24. The van der Waals surface area contributed by atoms with Gasteiger partial charge in [0.1, 0.15) is 0 Å². The zero-order valence-corrected chi connectivity index (χ0v) is 13.2. The summed E-state index contributed by atoms with van der Waals surface area (Å²) in [6.45, 7) is 13.0. The fourth-order valence-corrected chi connectivity index (χ4v) is 3.29. The van der Waals surface area contributed by atoms with Crippen LogP contribution in [0.25, 0.3) is 11.1 Å². The molecule has 2 rings (SSSR count). The number of hydrogen-bond acceptors (Lipinski definition) is 0. The van der Waals surface area contributed by atoms with Crippen LogP contribution < -0.4 is 0 Å². The number of hydrogen-bond donors (Lipinski definition) is 0. The molecule has 1 aromatic carbocycles. The molecule has 0 nitrogen and oxygen atoms in total. The maximum absolute atomic E-state index is 4.16. The van der Waals surface area contributed by atoms with Crippen molar-refractivity contribution in [3.05, 3.63) is 59.7 Å². The highest BCUT2D eigenvalue weighted by atomic mass is 14.3. The van der Waals surface area contributed by atoms with Gasteiger partial charge in [0.15, 0.2) is 0 Å². The molecule has 2 unspecified atom stereocenters. The molecule has 0 saturated carbocycles. The molecule has 0 N–H and O–H groups in total. The van der Waals surface area contributed by atoms with Gasteiger partial charge in [-0.25, -0.2) is 0 Å². The molecule has 2 atom stereocenters. The highest BCUT2D eigenvalue weighted by Crippen LogP contribution is 2.39. The molecule has 1 aliphatic rings. The first kappa shape index (κ1) is 14.8. The summed E-state index contributed by atoms with van der Waals surface area (Å²) in [6, 6.07) is 6.73. The predicted molar refractivity (Wildman–Crippen MR) is 90.6 cm³/mol. The van der Waals surface area contributed by atoms with Gasteiger partial charge in [-0.15, -0.1) is 0 Å². The smallest absolute Gasteiger partial charge is 0.00955 e. The van der Waals surface area contributed by atoms with E-state index in [2.05, 4.69) is 70.7 Å². The molecule has 106 valence electrons. The van der Waals surface area contributed by atoms with Crippen molar-refractivity contribution < 1.29 is 0 Å². The van der Waals surface area contributed by atoms with E-state index in [0.717, 1.165) is 5.57 Å². The van der Waals surface area contributed by atoms with Crippen molar-refractivity contribution >= 4 is 11.1 Å². The molecule has 0 aromatic heterocycles. The van der Waals surface area contributed by atoms with E-state index in [0.29, 0.717) is 11.8 Å². The number of rotatable bonds is 4.